The lowest BCUT2D eigenvalue weighted by atomic mass is 9.89. The van der Waals surface area contributed by atoms with Crippen LogP contribution >= 0.6 is 11.3 Å². The summed E-state index contributed by atoms with van der Waals surface area (Å²) in [4.78, 5) is 18.8. The van der Waals surface area contributed by atoms with E-state index in [0.717, 1.165) is 55.7 Å². The Morgan fingerprint density at radius 2 is 2.35 bits per heavy atom. The number of ether oxygens (including phenoxy) is 1. The van der Waals surface area contributed by atoms with E-state index in [-0.39, 0.29) is 12.3 Å². The maximum atomic E-state index is 12.0. The molecule has 1 N–H and O–H groups in total. The van der Waals surface area contributed by atoms with Crippen LogP contribution in [-0.2, 0) is 16.0 Å². The van der Waals surface area contributed by atoms with E-state index in [2.05, 4.69) is 27.3 Å². The summed E-state index contributed by atoms with van der Waals surface area (Å²) in [5.41, 5.74) is 4.62. The van der Waals surface area contributed by atoms with Crippen LogP contribution in [0.25, 0.3) is 0 Å². The highest BCUT2D eigenvalue weighted by Crippen LogP contribution is 2.22. The number of aromatic nitrogens is 1. The van der Waals surface area contributed by atoms with Crippen molar-refractivity contribution in [2.45, 2.75) is 39.0 Å². The average Bonchev–Trinajstić information content (AvgIpc) is 3.02. The molecule has 0 spiro atoms. The number of hydrogen-bond acceptors (Lipinski definition) is 6. The van der Waals surface area contributed by atoms with Crippen molar-refractivity contribution in [1.29, 1.82) is 0 Å². The van der Waals surface area contributed by atoms with Crippen molar-refractivity contribution in [3.05, 3.63) is 11.1 Å². The monoisotopic (exact) mass is 336 g/mol. The SMILES string of the molecule is C[C@@H]1CCC/C(=N\NC(=O)Cc2csc(N3CCOCC3)n2)C1. The highest BCUT2D eigenvalue weighted by Gasteiger charge is 2.17. The van der Waals surface area contributed by atoms with Gasteiger partial charge in [0, 0.05) is 24.2 Å². The molecule has 2 heterocycles. The van der Waals surface area contributed by atoms with Gasteiger partial charge in [-0.1, -0.05) is 6.92 Å². The first-order valence-electron chi connectivity index (χ1n) is 8.32. The molecule has 23 heavy (non-hydrogen) atoms. The number of hydrazone groups is 1. The quantitative estimate of drug-likeness (QED) is 0.856. The molecular formula is C16H24N4O2S. The lowest BCUT2D eigenvalue weighted by Gasteiger charge is -2.26. The normalized spacial score (nSPS) is 24.0. The van der Waals surface area contributed by atoms with Gasteiger partial charge in [-0.05, 0) is 31.6 Å². The molecule has 0 radical (unpaired) electrons. The molecule has 1 saturated carbocycles. The highest BCUT2D eigenvalue weighted by molar-refractivity contribution is 7.13. The first-order chi connectivity index (χ1) is 11.2. The van der Waals surface area contributed by atoms with Crippen molar-refractivity contribution < 1.29 is 9.53 Å². The number of carbonyl (C=O) groups is 1. The van der Waals surface area contributed by atoms with Crippen LogP contribution in [0.1, 0.15) is 38.3 Å². The summed E-state index contributed by atoms with van der Waals surface area (Å²) >= 11 is 1.59. The van der Waals surface area contributed by atoms with E-state index in [1.165, 1.54) is 12.8 Å². The second-order valence-corrected chi connectivity index (χ2v) is 7.15. The van der Waals surface area contributed by atoms with Crippen molar-refractivity contribution in [3.8, 4) is 0 Å². The van der Waals surface area contributed by atoms with Crippen LogP contribution in [0.15, 0.2) is 10.5 Å². The number of anilines is 1. The molecule has 1 aliphatic heterocycles. The van der Waals surface area contributed by atoms with Gasteiger partial charge in [0.05, 0.1) is 25.3 Å². The van der Waals surface area contributed by atoms with Crippen molar-refractivity contribution in [2.75, 3.05) is 31.2 Å². The third-order valence-electron chi connectivity index (χ3n) is 4.25. The van der Waals surface area contributed by atoms with Gasteiger partial charge in [0.25, 0.3) is 0 Å². The standard InChI is InChI=1S/C16H24N4O2S/c1-12-3-2-4-13(9-12)18-19-15(21)10-14-11-23-16(17-14)20-5-7-22-8-6-20/h11-12H,2-10H2,1H3,(H,19,21)/b18-13+/t12-/m1/s1. The minimum Gasteiger partial charge on any atom is -0.378 e. The first kappa shape index (κ1) is 16.4. The predicted octanol–water partition coefficient (Wildman–Crippen LogP) is 2.20. The van der Waals surface area contributed by atoms with E-state index in [1.54, 1.807) is 11.3 Å². The molecule has 1 atom stereocenters. The maximum Gasteiger partial charge on any atom is 0.246 e. The largest absolute Gasteiger partial charge is 0.378 e. The van der Waals surface area contributed by atoms with E-state index in [1.807, 2.05) is 5.38 Å². The number of nitrogens with zero attached hydrogens (tertiary/aromatic N) is 3. The second kappa shape index (κ2) is 7.88. The molecule has 3 rings (SSSR count). The average molecular weight is 336 g/mol. The van der Waals surface area contributed by atoms with Crippen molar-refractivity contribution in [2.24, 2.45) is 11.0 Å². The number of carbonyl (C=O) groups excluding carboxylic acids is 1. The lowest BCUT2D eigenvalue weighted by Crippen LogP contribution is -2.36. The number of thiazole rings is 1. The zero-order chi connectivity index (χ0) is 16.1. The molecule has 0 bridgehead atoms. The van der Waals surface area contributed by atoms with Crippen molar-refractivity contribution >= 4 is 28.1 Å². The Morgan fingerprint density at radius 3 is 3.13 bits per heavy atom. The van der Waals surface area contributed by atoms with Gasteiger partial charge >= 0.3 is 0 Å². The summed E-state index contributed by atoms with van der Waals surface area (Å²) in [6.07, 6.45) is 4.72. The molecule has 126 valence electrons. The minimum absolute atomic E-state index is 0.0884. The topological polar surface area (TPSA) is 66.8 Å². The van der Waals surface area contributed by atoms with Gasteiger partial charge in [-0.25, -0.2) is 10.4 Å². The Bertz CT molecular complexity index is 566. The van der Waals surface area contributed by atoms with Crippen LogP contribution in [-0.4, -0.2) is 42.9 Å². The summed E-state index contributed by atoms with van der Waals surface area (Å²) in [7, 11) is 0. The fraction of sp³-hybridized carbons (Fsp3) is 0.688. The van der Waals surface area contributed by atoms with Crippen LogP contribution in [0, 0.1) is 5.92 Å². The Morgan fingerprint density at radius 1 is 1.52 bits per heavy atom. The number of morpholine rings is 1. The molecule has 1 aliphatic carbocycles. The van der Waals surface area contributed by atoms with Gasteiger partial charge in [-0.2, -0.15) is 5.10 Å². The molecule has 1 saturated heterocycles. The predicted molar refractivity (Wildman–Crippen MR) is 92.1 cm³/mol. The Balaban J connectivity index is 1.50. The minimum atomic E-state index is -0.0884. The van der Waals surface area contributed by atoms with Gasteiger partial charge < -0.3 is 9.64 Å². The van der Waals surface area contributed by atoms with Crippen LogP contribution < -0.4 is 10.3 Å². The molecule has 6 nitrogen and oxygen atoms in total. The van der Waals surface area contributed by atoms with E-state index < -0.39 is 0 Å². The fourth-order valence-corrected chi connectivity index (χ4v) is 3.86. The molecule has 7 heteroatoms. The van der Waals surface area contributed by atoms with Gasteiger partial charge in [-0.3, -0.25) is 4.79 Å². The molecule has 2 aliphatic rings. The van der Waals surface area contributed by atoms with Gasteiger partial charge in [0.15, 0.2) is 5.13 Å². The van der Waals surface area contributed by atoms with E-state index in [0.29, 0.717) is 5.92 Å². The lowest BCUT2D eigenvalue weighted by molar-refractivity contribution is -0.120. The third kappa shape index (κ3) is 4.75. The van der Waals surface area contributed by atoms with E-state index in [4.69, 9.17) is 4.74 Å². The van der Waals surface area contributed by atoms with Crippen LogP contribution in [0.5, 0.6) is 0 Å². The maximum absolute atomic E-state index is 12.0. The summed E-state index contributed by atoms with van der Waals surface area (Å²) in [6, 6.07) is 0. The van der Waals surface area contributed by atoms with Crippen LogP contribution in [0.2, 0.25) is 0 Å². The number of rotatable bonds is 4. The Kier molecular flexibility index (Phi) is 5.61. The van der Waals surface area contributed by atoms with Gasteiger partial charge in [0.2, 0.25) is 5.91 Å². The van der Waals surface area contributed by atoms with Crippen molar-refractivity contribution in [3.63, 3.8) is 0 Å². The summed E-state index contributed by atoms with van der Waals surface area (Å²) < 4.78 is 5.35. The van der Waals surface area contributed by atoms with Crippen molar-refractivity contribution in [1.82, 2.24) is 10.4 Å². The number of nitrogens with one attached hydrogen (secondary N) is 1. The highest BCUT2D eigenvalue weighted by atomic mass is 32.1. The third-order valence-corrected chi connectivity index (χ3v) is 5.20. The van der Waals surface area contributed by atoms with E-state index >= 15 is 0 Å². The molecule has 0 unspecified atom stereocenters. The van der Waals surface area contributed by atoms with Gasteiger partial charge in [-0.15, -0.1) is 11.3 Å². The molecule has 2 fully saturated rings. The Labute approximate surface area is 140 Å². The zero-order valence-corrected chi connectivity index (χ0v) is 14.4. The van der Waals surface area contributed by atoms with Gasteiger partial charge in [0.1, 0.15) is 0 Å². The first-order valence-corrected chi connectivity index (χ1v) is 9.20. The molecule has 1 amide bonds. The summed E-state index contributed by atoms with van der Waals surface area (Å²) in [6.45, 7) is 5.45. The van der Waals surface area contributed by atoms with E-state index in [9.17, 15) is 4.79 Å². The molecule has 1 aromatic heterocycles. The molecule has 0 aromatic carbocycles. The number of hydrogen-bond donors (Lipinski definition) is 1. The smallest absolute Gasteiger partial charge is 0.246 e. The second-order valence-electron chi connectivity index (χ2n) is 6.31. The van der Waals surface area contributed by atoms with Crippen LogP contribution in [0.4, 0.5) is 5.13 Å². The molecule has 1 aromatic rings. The Hall–Kier alpha value is -1.47. The van der Waals surface area contributed by atoms with Crippen LogP contribution in [0.3, 0.4) is 0 Å². The zero-order valence-electron chi connectivity index (χ0n) is 13.6. The number of amides is 1. The molecular weight excluding hydrogens is 312 g/mol. The summed E-state index contributed by atoms with van der Waals surface area (Å²) in [5, 5.41) is 7.23. The fourth-order valence-electron chi connectivity index (χ4n) is 2.99. The summed E-state index contributed by atoms with van der Waals surface area (Å²) in [5.74, 6) is 0.587.